The van der Waals surface area contributed by atoms with Crippen molar-refractivity contribution in [1.82, 2.24) is 15.3 Å². The lowest BCUT2D eigenvalue weighted by molar-refractivity contribution is 0.598. The van der Waals surface area contributed by atoms with Crippen LogP contribution in [-0.2, 0) is 22.9 Å². The highest BCUT2D eigenvalue weighted by Gasteiger charge is 2.15. The Morgan fingerprint density at radius 1 is 1.25 bits per heavy atom. The van der Waals surface area contributed by atoms with E-state index in [2.05, 4.69) is 15.3 Å². The number of nitrogens with zero attached hydrogens (tertiary/aromatic N) is 2. The molecule has 0 bridgehead atoms. The average molecular weight is 312 g/mol. The van der Waals surface area contributed by atoms with Crippen molar-refractivity contribution in [3.05, 3.63) is 53.1 Å². The Balaban J connectivity index is 2.14. The van der Waals surface area contributed by atoms with Crippen molar-refractivity contribution in [3.63, 3.8) is 0 Å². The zero-order chi connectivity index (χ0) is 14.6. The van der Waals surface area contributed by atoms with Crippen molar-refractivity contribution in [2.75, 3.05) is 6.26 Å². The predicted molar refractivity (Wildman–Crippen MR) is 77.1 cm³/mol. The number of sulfone groups is 1. The Labute approximate surface area is 123 Å². The van der Waals surface area contributed by atoms with Gasteiger partial charge in [0.15, 0.2) is 9.84 Å². The van der Waals surface area contributed by atoms with E-state index in [1.165, 1.54) is 12.6 Å². The van der Waals surface area contributed by atoms with Crippen molar-refractivity contribution in [3.8, 4) is 0 Å². The molecule has 0 aliphatic carbocycles. The summed E-state index contributed by atoms with van der Waals surface area (Å²) in [6, 6.07) is 6.66. The Bertz CT molecular complexity index is 690. The van der Waals surface area contributed by atoms with Gasteiger partial charge in [-0.1, -0.05) is 17.7 Å². The summed E-state index contributed by atoms with van der Waals surface area (Å²) in [6.45, 7) is 0.864. The van der Waals surface area contributed by atoms with Crippen molar-refractivity contribution < 1.29 is 8.42 Å². The zero-order valence-electron chi connectivity index (χ0n) is 10.9. The lowest BCUT2D eigenvalue weighted by Gasteiger charge is -2.11. The van der Waals surface area contributed by atoms with Crippen LogP contribution in [0.4, 0.5) is 0 Å². The molecule has 0 fully saturated rings. The molecule has 0 radical (unpaired) electrons. The summed E-state index contributed by atoms with van der Waals surface area (Å²) in [5.41, 5.74) is 1.40. The van der Waals surface area contributed by atoms with Gasteiger partial charge >= 0.3 is 0 Å². The molecule has 0 saturated heterocycles. The molecular formula is C13H14ClN3O2S. The Kier molecular flexibility index (Phi) is 4.69. The van der Waals surface area contributed by atoms with Crippen LogP contribution in [0.15, 0.2) is 41.7 Å². The first-order valence-electron chi connectivity index (χ1n) is 5.91. The molecule has 0 aliphatic heterocycles. The van der Waals surface area contributed by atoms with Crippen molar-refractivity contribution in [1.29, 1.82) is 0 Å². The smallest absolute Gasteiger partial charge is 0.175 e. The second-order valence-electron chi connectivity index (χ2n) is 4.29. The molecule has 1 heterocycles. The van der Waals surface area contributed by atoms with Crippen LogP contribution in [0.1, 0.15) is 11.3 Å². The van der Waals surface area contributed by atoms with E-state index in [-0.39, 0.29) is 4.90 Å². The molecule has 0 spiro atoms. The first-order valence-corrected chi connectivity index (χ1v) is 8.18. The van der Waals surface area contributed by atoms with Gasteiger partial charge in [-0.3, -0.25) is 0 Å². The third-order valence-corrected chi connectivity index (χ3v) is 4.26. The predicted octanol–water partition coefficient (Wildman–Crippen LogP) is 1.82. The van der Waals surface area contributed by atoms with Crippen LogP contribution in [0.25, 0.3) is 0 Å². The normalized spacial score (nSPS) is 11.5. The molecule has 106 valence electrons. The van der Waals surface area contributed by atoms with Gasteiger partial charge in [-0.15, -0.1) is 0 Å². The molecular weight excluding hydrogens is 298 g/mol. The minimum Gasteiger partial charge on any atom is -0.307 e. The number of aromatic nitrogens is 2. The lowest BCUT2D eigenvalue weighted by Crippen LogP contribution is -2.16. The molecule has 20 heavy (non-hydrogen) atoms. The fraction of sp³-hybridized carbons (Fsp3) is 0.231. The van der Waals surface area contributed by atoms with Crippen LogP contribution in [0.5, 0.6) is 0 Å². The second-order valence-corrected chi connectivity index (χ2v) is 6.68. The van der Waals surface area contributed by atoms with E-state index in [9.17, 15) is 8.42 Å². The molecule has 0 atom stereocenters. The summed E-state index contributed by atoms with van der Waals surface area (Å²) in [4.78, 5) is 8.16. The lowest BCUT2D eigenvalue weighted by atomic mass is 10.2. The summed E-state index contributed by atoms with van der Waals surface area (Å²) in [5, 5.41) is 3.57. The minimum absolute atomic E-state index is 0.250. The molecule has 2 aromatic rings. The van der Waals surface area contributed by atoms with Gasteiger partial charge in [-0.05, 0) is 18.2 Å². The zero-order valence-corrected chi connectivity index (χ0v) is 12.4. The molecule has 0 amide bonds. The van der Waals surface area contributed by atoms with Crippen LogP contribution < -0.4 is 5.32 Å². The number of nitrogens with one attached hydrogen (secondary N) is 1. The maximum Gasteiger partial charge on any atom is 0.175 e. The quantitative estimate of drug-likeness (QED) is 0.912. The molecule has 7 heteroatoms. The standard InChI is InChI=1S/C13H14ClN3O2S/c1-20(18,19)13-4-2-3-12(14)11(13)8-16-7-10-5-6-15-9-17-10/h2-6,9,16H,7-8H2,1H3. The molecule has 1 aromatic carbocycles. The van der Waals surface area contributed by atoms with Crippen LogP contribution >= 0.6 is 11.6 Å². The van der Waals surface area contributed by atoms with Gasteiger partial charge in [0, 0.05) is 36.1 Å². The average Bonchev–Trinajstić information content (AvgIpc) is 2.40. The monoisotopic (exact) mass is 311 g/mol. The summed E-state index contributed by atoms with van der Waals surface area (Å²) in [7, 11) is -3.30. The Morgan fingerprint density at radius 3 is 2.70 bits per heavy atom. The summed E-state index contributed by atoms with van der Waals surface area (Å²) in [5.74, 6) is 0. The van der Waals surface area contributed by atoms with Crippen molar-refractivity contribution >= 4 is 21.4 Å². The van der Waals surface area contributed by atoms with E-state index in [4.69, 9.17) is 11.6 Å². The number of benzene rings is 1. The number of hydrogen-bond acceptors (Lipinski definition) is 5. The van der Waals surface area contributed by atoms with E-state index in [0.29, 0.717) is 23.7 Å². The van der Waals surface area contributed by atoms with E-state index >= 15 is 0 Å². The van der Waals surface area contributed by atoms with Crippen LogP contribution in [0.3, 0.4) is 0 Å². The third-order valence-electron chi connectivity index (χ3n) is 2.73. The molecule has 0 saturated carbocycles. The van der Waals surface area contributed by atoms with E-state index in [1.807, 2.05) is 0 Å². The first kappa shape index (κ1) is 14.9. The van der Waals surface area contributed by atoms with Gasteiger partial charge in [-0.25, -0.2) is 18.4 Å². The van der Waals surface area contributed by atoms with Crippen LogP contribution in [0, 0.1) is 0 Å². The highest BCUT2D eigenvalue weighted by Crippen LogP contribution is 2.23. The van der Waals surface area contributed by atoms with E-state index < -0.39 is 9.84 Å². The number of halogens is 1. The van der Waals surface area contributed by atoms with Crippen molar-refractivity contribution in [2.45, 2.75) is 18.0 Å². The van der Waals surface area contributed by atoms with E-state index in [1.54, 1.807) is 30.5 Å². The SMILES string of the molecule is CS(=O)(=O)c1cccc(Cl)c1CNCc1ccncn1. The number of hydrogen-bond donors (Lipinski definition) is 1. The highest BCUT2D eigenvalue weighted by molar-refractivity contribution is 7.90. The van der Waals surface area contributed by atoms with Gasteiger partial charge < -0.3 is 5.32 Å². The topological polar surface area (TPSA) is 72.0 Å². The van der Waals surface area contributed by atoms with Crippen LogP contribution in [-0.4, -0.2) is 24.6 Å². The fourth-order valence-electron chi connectivity index (χ4n) is 1.80. The van der Waals surface area contributed by atoms with Gasteiger partial charge in [-0.2, -0.15) is 0 Å². The second kappa shape index (κ2) is 6.30. The maximum absolute atomic E-state index is 11.7. The molecule has 0 unspecified atom stereocenters. The third kappa shape index (κ3) is 3.75. The largest absolute Gasteiger partial charge is 0.307 e. The van der Waals surface area contributed by atoms with Gasteiger partial charge in [0.25, 0.3) is 0 Å². The summed E-state index contributed by atoms with van der Waals surface area (Å²) >= 11 is 6.09. The highest BCUT2D eigenvalue weighted by atomic mass is 35.5. The number of rotatable bonds is 5. The van der Waals surface area contributed by atoms with Gasteiger partial charge in [0.1, 0.15) is 6.33 Å². The Hall–Kier alpha value is -1.50. The molecule has 1 N–H and O–H groups in total. The summed E-state index contributed by atoms with van der Waals surface area (Å²) < 4.78 is 23.5. The molecule has 2 rings (SSSR count). The minimum atomic E-state index is -3.30. The van der Waals surface area contributed by atoms with Gasteiger partial charge in [0.2, 0.25) is 0 Å². The van der Waals surface area contributed by atoms with Gasteiger partial charge in [0.05, 0.1) is 10.6 Å². The Morgan fingerprint density at radius 2 is 2.05 bits per heavy atom. The van der Waals surface area contributed by atoms with Crippen LogP contribution in [0.2, 0.25) is 5.02 Å². The fourth-order valence-corrected chi connectivity index (χ4v) is 3.05. The summed E-state index contributed by atoms with van der Waals surface area (Å²) in [6.07, 6.45) is 4.29. The molecule has 0 aliphatic rings. The maximum atomic E-state index is 11.7. The molecule has 1 aromatic heterocycles. The van der Waals surface area contributed by atoms with E-state index in [0.717, 1.165) is 5.69 Å². The first-order chi connectivity index (χ1) is 9.48. The van der Waals surface area contributed by atoms with Crippen molar-refractivity contribution in [2.24, 2.45) is 0 Å². The molecule has 5 nitrogen and oxygen atoms in total.